The zero-order valence-electron chi connectivity index (χ0n) is 7.07. The lowest BCUT2D eigenvalue weighted by atomic mass is 10.2. The maximum atomic E-state index is 5.85. The van der Waals surface area contributed by atoms with Gasteiger partial charge in [-0.05, 0) is 6.07 Å². The first-order valence-corrected chi connectivity index (χ1v) is 4.03. The van der Waals surface area contributed by atoms with Crippen LogP contribution in [-0.2, 0) is 6.54 Å². The molecule has 0 radical (unpaired) electrons. The van der Waals surface area contributed by atoms with Gasteiger partial charge >= 0.3 is 0 Å². The lowest BCUT2D eigenvalue weighted by Crippen LogP contribution is -2.06. The van der Waals surface area contributed by atoms with Crippen molar-refractivity contribution in [3.8, 4) is 0 Å². The molecule has 0 saturated heterocycles. The fourth-order valence-electron chi connectivity index (χ4n) is 1.26. The average molecular weight is 174 g/mol. The minimum absolute atomic E-state index is 0.323. The van der Waals surface area contributed by atoms with Crippen molar-refractivity contribution < 1.29 is 0 Å². The van der Waals surface area contributed by atoms with Gasteiger partial charge in [0.05, 0.1) is 11.2 Å². The van der Waals surface area contributed by atoms with E-state index in [4.69, 9.17) is 11.5 Å². The summed E-state index contributed by atoms with van der Waals surface area (Å²) in [7, 11) is 0. The highest BCUT2D eigenvalue weighted by molar-refractivity contribution is 5.90. The first-order chi connectivity index (χ1) is 6.33. The normalized spacial score (nSPS) is 10.5. The first-order valence-electron chi connectivity index (χ1n) is 4.03. The molecule has 0 spiro atoms. The van der Waals surface area contributed by atoms with Crippen LogP contribution in [0.1, 0.15) is 5.69 Å². The van der Waals surface area contributed by atoms with Crippen LogP contribution in [0.2, 0.25) is 0 Å². The van der Waals surface area contributed by atoms with Crippen molar-refractivity contribution in [3.63, 3.8) is 0 Å². The van der Waals surface area contributed by atoms with Crippen molar-refractivity contribution in [1.82, 2.24) is 10.2 Å². The Morgan fingerprint density at radius 2 is 1.92 bits per heavy atom. The molecule has 66 valence electrons. The van der Waals surface area contributed by atoms with Gasteiger partial charge in [-0.1, -0.05) is 18.2 Å². The van der Waals surface area contributed by atoms with E-state index in [1.807, 2.05) is 24.3 Å². The zero-order chi connectivity index (χ0) is 9.26. The molecular formula is C9H10N4. The summed E-state index contributed by atoms with van der Waals surface area (Å²) in [6.07, 6.45) is 0. The van der Waals surface area contributed by atoms with Crippen LogP contribution < -0.4 is 11.5 Å². The largest absolute Gasteiger partial charge is 0.397 e. The third kappa shape index (κ3) is 1.21. The number of rotatable bonds is 1. The lowest BCUT2D eigenvalue weighted by Gasteiger charge is -2.03. The van der Waals surface area contributed by atoms with E-state index in [1.165, 1.54) is 0 Å². The Balaban J connectivity index is 2.79. The topological polar surface area (TPSA) is 77.8 Å². The molecule has 2 rings (SSSR count). The molecule has 13 heavy (non-hydrogen) atoms. The standard InChI is InChI=1S/C9H10N4/c10-5-8-9(11)6-3-1-2-4-7(6)12-13-8/h1-4H,5,10H2,(H2,11,12). The fraction of sp³-hybridized carbons (Fsp3) is 0.111. The summed E-state index contributed by atoms with van der Waals surface area (Å²) in [6, 6.07) is 7.61. The van der Waals surface area contributed by atoms with E-state index in [-0.39, 0.29) is 0 Å². The van der Waals surface area contributed by atoms with Crippen LogP contribution in [0.25, 0.3) is 10.9 Å². The second kappa shape index (κ2) is 2.99. The summed E-state index contributed by atoms with van der Waals surface area (Å²) >= 11 is 0. The van der Waals surface area contributed by atoms with Gasteiger partial charge in [0.25, 0.3) is 0 Å². The number of hydrogen-bond donors (Lipinski definition) is 2. The number of aromatic nitrogens is 2. The molecule has 0 amide bonds. The Morgan fingerprint density at radius 1 is 1.15 bits per heavy atom. The predicted molar refractivity (Wildman–Crippen MR) is 51.8 cm³/mol. The second-order valence-electron chi connectivity index (χ2n) is 2.78. The first kappa shape index (κ1) is 7.94. The summed E-state index contributed by atoms with van der Waals surface area (Å²) in [5.41, 5.74) is 13.4. The molecule has 1 aromatic heterocycles. The van der Waals surface area contributed by atoms with Crippen LogP contribution >= 0.6 is 0 Å². The molecule has 1 aromatic carbocycles. The van der Waals surface area contributed by atoms with E-state index in [9.17, 15) is 0 Å². The smallest absolute Gasteiger partial charge is 0.100 e. The molecule has 2 aromatic rings. The van der Waals surface area contributed by atoms with Crippen LogP contribution in [0.3, 0.4) is 0 Å². The van der Waals surface area contributed by atoms with Gasteiger partial charge in [0.2, 0.25) is 0 Å². The minimum atomic E-state index is 0.323. The highest BCUT2D eigenvalue weighted by atomic mass is 15.1. The van der Waals surface area contributed by atoms with E-state index in [1.54, 1.807) is 0 Å². The monoisotopic (exact) mass is 174 g/mol. The maximum Gasteiger partial charge on any atom is 0.100 e. The summed E-state index contributed by atoms with van der Waals surface area (Å²) in [5, 5.41) is 8.84. The molecule has 0 aliphatic carbocycles. The average Bonchev–Trinajstić information content (AvgIpc) is 2.19. The molecule has 4 heteroatoms. The Hall–Kier alpha value is -1.68. The van der Waals surface area contributed by atoms with E-state index in [0.717, 1.165) is 10.9 Å². The quantitative estimate of drug-likeness (QED) is 0.666. The van der Waals surface area contributed by atoms with Gasteiger partial charge in [0.1, 0.15) is 5.69 Å². The van der Waals surface area contributed by atoms with Gasteiger partial charge in [-0.2, -0.15) is 10.2 Å². The summed E-state index contributed by atoms with van der Waals surface area (Å²) in [6.45, 7) is 0.323. The Labute approximate surface area is 75.6 Å². The second-order valence-corrected chi connectivity index (χ2v) is 2.78. The number of fused-ring (bicyclic) bond motifs is 1. The Kier molecular flexibility index (Phi) is 1.83. The van der Waals surface area contributed by atoms with E-state index >= 15 is 0 Å². The van der Waals surface area contributed by atoms with Gasteiger partial charge in [-0.25, -0.2) is 0 Å². The van der Waals surface area contributed by atoms with Crippen molar-refractivity contribution in [1.29, 1.82) is 0 Å². The van der Waals surface area contributed by atoms with E-state index < -0.39 is 0 Å². The molecule has 0 unspecified atom stereocenters. The van der Waals surface area contributed by atoms with Gasteiger partial charge in [-0.3, -0.25) is 0 Å². The molecule has 1 heterocycles. The number of nitrogens with zero attached hydrogens (tertiary/aromatic N) is 2. The number of nitrogens with two attached hydrogens (primary N) is 2. The highest BCUT2D eigenvalue weighted by Crippen LogP contribution is 2.19. The van der Waals surface area contributed by atoms with Gasteiger partial charge < -0.3 is 11.5 Å². The summed E-state index contributed by atoms with van der Waals surface area (Å²) < 4.78 is 0. The van der Waals surface area contributed by atoms with Crippen LogP contribution in [0.15, 0.2) is 24.3 Å². The van der Waals surface area contributed by atoms with Crippen molar-refractivity contribution in [2.24, 2.45) is 5.73 Å². The molecule has 0 aliphatic heterocycles. The highest BCUT2D eigenvalue weighted by Gasteiger charge is 2.04. The molecule has 0 atom stereocenters. The SMILES string of the molecule is NCc1nnc2ccccc2c1N. The van der Waals surface area contributed by atoms with Crippen molar-refractivity contribution in [3.05, 3.63) is 30.0 Å². The number of nitrogen functional groups attached to an aromatic ring is 1. The molecule has 0 bridgehead atoms. The molecular weight excluding hydrogens is 164 g/mol. The summed E-state index contributed by atoms with van der Waals surface area (Å²) in [4.78, 5) is 0. The zero-order valence-corrected chi connectivity index (χ0v) is 7.07. The minimum Gasteiger partial charge on any atom is -0.397 e. The van der Waals surface area contributed by atoms with Gasteiger partial charge in [-0.15, -0.1) is 0 Å². The van der Waals surface area contributed by atoms with Crippen LogP contribution in [-0.4, -0.2) is 10.2 Å². The summed E-state index contributed by atoms with van der Waals surface area (Å²) in [5.74, 6) is 0. The van der Waals surface area contributed by atoms with Crippen molar-refractivity contribution in [2.45, 2.75) is 6.54 Å². The third-order valence-electron chi connectivity index (χ3n) is 1.98. The molecule has 0 fully saturated rings. The molecule has 4 nitrogen and oxygen atoms in total. The van der Waals surface area contributed by atoms with Gasteiger partial charge in [0, 0.05) is 11.9 Å². The lowest BCUT2D eigenvalue weighted by molar-refractivity contribution is 0.924. The Bertz CT molecular complexity index is 439. The van der Waals surface area contributed by atoms with E-state index in [2.05, 4.69) is 10.2 Å². The number of hydrogen-bond acceptors (Lipinski definition) is 4. The van der Waals surface area contributed by atoms with Crippen molar-refractivity contribution in [2.75, 3.05) is 5.73 Å². The fourth-order valence-corrected chi connectivity index (χ4v) is 1.26. The van der Waals surface area contributed by atoms with Crippen LogP contribution in [0.4, 0.5) is 5.69 Å². The number of anilines is 1. The molecule has 0 saturated carbocycles. The molecule has 4 N–H and O–H groups in total. The van der Waals surface area contributed by atoms with Crippen molar-refractivity contribution >= 4 is 16.6 Å². The Morgan fingerprint density at radius 3 is 2.69 bits per heavy atom. The van der Waals surface area contributed by atoms with Crippen LogP contribution in [0, 0.1) is 0 Å². The van der Waals surface area contributed by atoms with Gasteiger partial charge in [0.15, 0.2) is 0 Å². The maximum absolute atomic E-state index is 5.85. The van der Waals surface area contributed by atoms with E-state index in [0.29, 0.717) is 17.9 Å². The molecule has 0 aliphatic rings. The third-order valence-corrected chi connectivity index (χ3v) is 1.98. The number of benzene rings is 1. The predicted octanol–water partition coefficient (Wildman–Crippen LogP) is 0.671. The van der Waals surface area contributed by atoms with Crippen LogP contribution in [0.5, 0.6) is 0 Å².